The molecule has 1 aliphatic heterocycles. The molecule has 2 aromatic carbocycles. The van der Waals surface area contributed by atoms with Crippen molar-refractivity contribution in [3.63, 3.8) is 0 Å². The fourth-order valence-corrected chi connectivity index (χ4v) is 4.15. The molecule has 158 valence electrons. The zero-order valence-electron chi connectivity index (χ0n) is 16.7. The Morgan fingerprint density at radius 2 is 2.00 bits per heavy atom. The number of ketones is 1. The number of phenolic OH excluding ortho intramolecular Hbond substituents is 1. The molecule has 0 spiro atoms. The molecule has 1 atom stereocenters. The number of aliphatic hydroxyl groups excluding tert-OH is 1. The van der Waals surface area contributed by atoms with Gasteiger partial charge < -0.3 is 14.9 Å². The van der Waals surface area contributed by atoms with Crippen molar-refractivity contribution in [2.75, 3.05) is 11.5 Å². The van der Waals surface area contributed by atoms with Gasteiger partial charge in [0.05, 0.1) is 18.2 Å². The molecule has 1 aromatic heterocycles. The molecule has 1 saturated heterocycles. The SMILES string of the molecule is CCCOc1cccc(/C(O)=C2\C(=O)C(=O)N(c3nccs3)C2c2cccc(O)c2)c1. The number of carbonyl (C=O) groups is 2. The number of phenols is 1. The Hall–Kier alpha value is -3.65. The third-order valence-electron chi connectivity index (χ3n) is 4.84. The minimum absolute atomic E-state index is 0.0165. The van der Waals surface area contributed by atoms with Crippen molar-refractivity contribution in [3.8, 4) is 11.5 Å². The van der Waals surface area contributed by atoms with Crippen molar-refractivity contribution >= 4 is 33.9 Å². The van der Waals surface area contributed by atoms with E-state index in [1.807, 2.05) is 6.92 Å². The van der Waals surface area contributed by atoms with Gasteiger partial charge in [0.1, 0.15) is 17.3 Å². The summed E-state index contributed by atoms with van der Waals surface area (Å²) in [6, 6.07) is 12.1. The normalized spacial score (nSPS) is 17.8. The molecule has 1 unspecified atom stereocenters. The molecule has 4 rings (SSSR count). The number of hydrogen-bond donors (Lipinski definition) is 2. The number of aliphatic hydroxyl groups is 1. The Balaban J connectivity index is 1.88. The Bertz CT molecular complexity index is 1160. The zero-order chi connectivity index (χ0) is 22.0. The molecule has 1 fully saturated rings. The molecule has 0 saturated carbocycles. The van der Waals surface area contributed by atoms with E-state index in [1.165, 1.54) is 34.6 Å². The van der Waals surface area contributed by atoms with Crippen LogP contribution in [0.1, 0.15) is 30.5 Å². The number of hydrogen-bond acceptors (Lipinski definition) is 7. The quantitative estimate of drug-likeness (QED) is 0.340. The van der Waals surface area contributed by atoms with Crippen LogP contribution in [0.2, 0.25) is 0 Å². The summed E-state index contributed by atoms with van der Waals surface area (Å²) in [5.41, 5.74) is 0.767. The second kappa shape index (κ2) is 8.61. The van der Waals surface area contributed by atoms with Crippen molar-refractivity contribution in [2.45, 2.75) is 19.4 Å². The second-order valence-corrected chi connectivity index (χ2v) is 7.83. The standard InChI is InChI=1S/C23H20N2O5S/c1-2-10-30-17-8-4-6-15(13-17)20(27)18-19(14-5-3-7-16(26)12-14)25(22(29)21(18)28)23-24-9-11-31-23/h3-9,11-13,19,26-27H,2,10H2,1H3/b20-18+. The van der Waals surface area contributed by atoms with Gasteiger partial charge >= 0.3 is 5.91 Å². The van der Waals surface area contributed by atoms with Gasteiger partial charge in [-0.05, 0) is 36.2 Å². The van der Waals surface area contributed by atoms with Crippen LogP contribution in [0, 0.1) is 0 Å². The molecular formula is C23H20N2O5S. The van der Waals surface area contributed by atoms with E-state index in [2.05, 4.69) is 4.98 Å². The van der Waals surface area contributed by atoms with E-state index in [-0.39, 0.29) is 17.1 Å². The van der Waals surface area contributed by atoms with Crippen LogP contribution in [0.3, 0.4) is 0 Å². The molecular weight excluding hydrogens is 416 g/mol. The minimum Gasteiger partial charge on any atom is -0.508 e. The number of amides is 1. The van der Waals surface area contributed by atoms with E-state index in [0.717, 1.165) is 6.42 Å². The number of aromatic nitrogens is 1. The van der Waals surface area contributed by atoms with Gasteiger partial charge in [-0.2, -0.15) is 0 Å². The first kappa shape index (κ1) is 20.6. The first-order chi connectivity index (χ1) is 15.0. The zero-order valence-corrected chi connectivity index (χ0v) is 17.5. The van der Waals surface area contributed by atoms with Gasteiger partial charge in [0.2, 0.25) is 0 Å². The van der Waals surface area contributed by atoms with E-state index in [9.17, 15) is 19.8 Å². The maximum atomic E-state index is 13.0. The van der Waals surface area contributed by atoms with Crippen LogP contribution in [0.15, 0.2) is 65.7 Å². The van der Waals surface area contributed by atoms with Crippen molar-refractivity contribution in [3.05, 3.63) is 76.8 Å². The van der Waals surface area contributed by atoms with Gasteiger partial charge in [-0.3, -0.25) is 14.5 Å². The molecule has 0 bridgehead atoms. The Kier molecular flexibility index (Phi) is 5.73. The maximum Gasteiger partial charge on any atom is 0.301 e. The third kappa shape index (κ3) is 3.89. The molecule has 2 N–H and O–H groups in total. The van der Waals surface area contributed by atoms with Crippen molar-refractivity contribution < 1.29 is 24.5 Å². The van der Waals surface area contributed by atoms with E-state index < -0.39 is 17.7 Å². The van der Waals surface area contributed by atoms with Crippen LogP contribution in [-0.4, -0.2) is 33.5 Å². The summed E-state index contributed by atoms with van der Waals surface area (Å²) in [5.74, 6) is -1.39. The highest BCUT2D eigenvalue weighted by Crippen LogP contribution is 2.43. The van der Waals surface area contributed by atoms with Crippen LogP contribution < -0.4 is 9.64 Å². The van der Waals surface area contributed by atoms with Gasteiger partial charge in [-0.1, -0.05) is 31.2 Å². The fraction of sp³-hybridized carbons (Fsp3) is 0.174. The van der Waals surface area contributed by atoms with E-state index in [0.29, 0.717) is 28.6 Å². The number of benzene rings is 2. The smallest absolute Gasteiger partial charge is 0.301 e. The number of aromatic hydroxyl groups is 1. The average Bonchev–Trinajstić information content (AvgIpc) is 3.39. The number of Topliss-reactive ketones (excluding diaryl/α,β-unsaturated/α-hetero) is 1. The van der Waals surface area contributed by atoms with Crippen LogP contribution in [0.4, 0.5) is 5.13 Å². The number of anilines is 1. The molecule has 31 heavy (non-hydrogen) atoms. The van der Waals surface area contributed by atoms with Crippen LogP contribution in [0.25, 0.3) is 5.76 Å². The lowest BCUT2D eigenvalue weighted by molar-refractivity contribution is -0.132. The number of ether oxygens (including phenoxy) is 1. The van der Waals surface area contributed by atoms with Gasteiger partial charge in [-0.25, -0.2) is 4.98 Å². The van der Waals surface area contributed by atoms with Gasteiger partial charge in [0.25, 0.3) is 5.78 Å². The fourth-order valence-electron chi connectivity index (χ4n) is 3.48. The summed E-state index contributed by atoms with van der Waals surface area (Å²) < 4.78 is 5.63. The molecule has 7 nitrogen and oxygen atoms in total. The van der Waals surface area contributed by atoms with E-state index >= 15 is 0 Å². The van der Waals surface area contributed by atoms with Gasteiger partial charge in [0.15, 0.2) is 5.13 Å². The predicted molar refractivity (Wildman–Crippen MR) is 117 cm³/mol. The maximum absolute atomic E-state index is 13.0. The summed E-state index contributed by atoms with van der Waals surface area (Å²) in [4.78, 5) is 31.4. The number of rotatable bonds is 6. The Labute approximate surface area is 182 Å². The highest BCUT2D eigenvalue weighted by molar-refractivity contribution is 7.14. The third-order valence-corrected chi connectivity index (χ3v) is 5.61. The first-order valence-electron chi connectivity index (χ1n) is 9.74. The molecule has 8 heteroatoms. The minimum atomic E-state index is -0.932. The van der Waals surface area contributed by atoms with Crippen molar-refractivity contribution in [2.24, 2.45) is 0 Å². The lowest BCUT2D eigenvalue weighted by Crippen LogP contribution is -2.29. The second-order valence-electron chi connectivity index (χ2n) is 6.96. The van der Waals surface area contributed by atoms with Crippen LogP contribution in [0.5, 0.6) is 11.5 Å². The topological polar surface area (TPSA) is 100.0 Å². The Morgan fingerprint density at radius 3 is 2.71 bits per heavy atom. The van der Waals surface area contributed by atoms with Gasteiger partial charge in [-0.15, -0.1) is 11.3 Å². The molecule has 0 aliphatic carbocycles. The van der Waals surface area contributed by atoms with E-state index in [4.69, 9.17) is 4.74 Å². The van der Waals surface area contributed by atoms with Gasteiger partial charge in [0, 0.05) is 17.1 Å². The van der Waals surface area contributed by atoms with Crippen LogP contribution >= 0.6 is 11.3 Å². The van der Waals surface area contributed by atoms with E-state index in [1.54, 1.807) is 41.8 Å². The first-order valence-corrected chi connectivity index (χ1v) is 10.6. The highest BCUT2D eigenvalue weighted by Gasteiger charge is 2.48. The summed E-state index contributed by atoms with van der Waals surface area (Å²) in [6.07, 6.45) is 2.36. The Morgan fingerprint density at radius 1 is 1.19 bits per heavy atom. The van der Waals surface area contributed by atoms with Crippen LogP contribution in [-0.2, 0) is 9.59 Å². The highest BCUT2D eigenvalue weighted by atomic mass is 32.1. The number of nitrogens with zero attached hydrogens (tertiary/aromatic N) is 2. The summed E-state index contributed by atoms with van der Waals surface area (Å²) in [5, 5.41) is 23.1. The molecule has 3 aromatic rings. The molecule has 0 radical (unpaired) electrons. The summed E-state index contributed by atoms with van der Waals surface area (Å²) >= 11 is 1.20. The molecule has 1 aliphatic rings. The summed E-state index contributed by atoms with van der Waals surface area (Å²) in [7, 11) is 0. The number of thiazole rings is 1. The van der Waals surface area contributed by atoms with Crippen molar-refractivity contribution in [1.29, 1.82) is 0 Å². The monoisotopic (exact) mass is 436 g/mol. The largest absolute Gasteiger partial charge is 0.508 e. The summed E-state index contributed by atoms with van der Waals surface area (Å²) in [6.45, 7) is 2.50. The lowest BCUT2D eigenvalue weighted by Gasteiger charge is -2.23. The number of carbonyl (C=O) groups excluding carboxylic acids is 2. The lowest BCUT2D eigenvalue weighted by atomic mass is 9.95. The average molecular weight is 436 g/mol. The molecule has 1 amide bonds. The van der Waals surface area contributed by atoms with Crippen molar-refractivity contribution in [1.82, 2.24) is 4.98 Å². The predicted octanol–water partition coefficient (Wildman–Crippen LogP) is 4.26. The molecule has 2 heterocycles.